The molecule has 1 N–H and O–H groups in total. The van der Waals surface area contributed by atoms with Gasteiger partial charge < -0.3 is 5.32 Å². The van der Waals surface area contributed by atoms with Crippen molar-refractivity contribution in [3.05, 3.63) is 64.7 Å². The normalized spacial score (nSPS) is 15.4. The Morgan fingerprint density at radius 3 is 2.53 bits per heavy atom. The molecule has 2 aromatic rings. The van der Waals surface area contributed by atoms with Gasteiger partial charge in [-0.25, -0.2) is 8.42 Å². The van der Waals surface area contributed by atoms with Crippen molar-refractivity contribution in [2.24, 2.45) is 0 Å². The van der Waals surface area contributed by atoms with Gasteiger partial charge >= 0.3 is 0 Å². The van der Waals surface area contributed by atoms with Crippen molar-refractivity contribution >= 4 is 27.7 Å². The number of aryl methyl sites for hydroxylation is 2. The lowest BCUT2D eigenvalue weighted by molar-refractivity contribution is -0.112. The first-order chi connectivity index (χ1) is 14.3. The summed E-state index contributed by atoms with van der Waals surface area (Å²) in [4.78, 5) is 12.8. The second-order valence-corrected chi connectivity index (χ2v) is 9.41. The van der Waals surface area contributed by atoms with Gasteiger partial charge in [0.25, 0.3) is 5.91 Å². The molecule has 0 aliphatic carbocycles. The van der Waals surface area contributed by atoms with E-state index in [2.05, 4.69) is 5.32 Å². The van der Waals surface area contributed by atoms with Crippen molar-refractivity contribution < 1.29 is 13.2 Å². The number of anilines is 1. The average Bonchev–Trinajstić information content (AvgIpc) is 2.75. The summed E-state index contributed by atoms with van der Waals surface area (Å²) in [7, 11) is -3.60. The maximum absolute atomic E-state index is 12.9. The predicted molar refractivity (Wildman–Crippen MR) is 117 cm³/mol. The first-order valence-electron chi connectivity index (χ1n) is 9.92. The zero-order chi connectivity index (χ0) is 21.7. The number of nitriles is 1. The van der Waals surface area contributed by atoms with E-state index in [0.717, 1.165) is 36.0 Å². The molecule has 2 aromatic carbocycles. The quantitative estimate of drug-likeness (QED) is 0.581. The van der Waals surface area contributed by atoms with Gasteiger partial charge in [0, 0.05) is 18.8 Å². The van der Waals surface area contributed by atoms with Crippen LogP contribution in [0.25, 0.3) is 6.08 Å². The number of amides is 1. The van der Waals surface area contributed by atoms with Crippen molar-refractivity contribution in [1.29, 1.82) is 5.26 Å². The van der Waals surface area contributed by atoms with Crippen LogP contribution in [0, 0.1) is 25.2 Å². The summed E-state index contributed by atoms with van der Waals surface area (Å²) in [5.41, 5.74) is 3.06. The number of piperidine rings is 1. The fourth-order valence-corrected chi connectivity index (χ4v) is 4.97. The van der Waals surface area contributed by atoms with Crippen molar-refractivity contribution in [1.82, 2.24) is 4.31 Å². The Morgan fingerprint density at radius 1 is 1.10 bits per heavy atom. The average molecular weight is 424 g/mol. The van der Waals surface area contributed by atoms with Gasteiger partial charge in [0.15, 0.2) is 0 Å². The maximum Gasteiger partial charge on any atom is 0.266 e. The molecule has 30 heavy (non-hydrogen) atoms. The maximum atomic E-state index is 12.9. The molecule has 3 rings (SSSR count). The highest BCUT2D eigenvalue weighted by Gasteiger charge is 2.26. The number of hydrogen-bond acceptors (Lipinski definition) is 4. The van der Waals surface area contributed by atoms with Crippen LogP contribution in [0.3, 0.4) is 0 Å². The highest BCUT2D eigenvalue weighted by molar-refractivity contribution is 7.89. The van der Waals surface area contributed by atoms with E-state index in [-0.39, 0.29) is 10.5 Å². The van der Waals surface area contributed by atoms with E-state index in [9.17, 15) is 18.5 Å². The Bertz CT molecular complexity index is 1120. The van der Waals surface area contributed by atoms with E-state index >= 15 is 0 Å². The third kappa shape index (κ3) is 4.96. The SMILES string of the molecule is Cc1ccc(C)c(/C=C(\C#N)C(=O)Nc2cccc(S(=O)(=O)N3CCCCC3)c2)c1. The number of sulfonamides is 1. The number of carbonyl (C=O) groups is 1. The van der Waals surface area contributed by atoms with Gasteiger partial charge in [0.1, 0.15) is 11.6 Å². The fraction of sp³-hybridized carbons (Fsp3) is 0.304. The van der Waals surface area contributed by atoms with E-state index < -0.39 is 15.9 Å². The highest BCUT2D eigenvalue weighted by atomic mass is 32.2. The number of rotatable bonds is 5. The monoisotopic (exact) mass is 423 g/mol. The van der Waals surface area contributed by atoms with E-state index in [4.69, 9.17) is 0 Å². The van der Waals surface area contributed by atoms with Gasteiger partial charge in [-0.15, -0.1) is 0 Å². The summed E-state index contributed by atoms with van der Waals surface area (Å²) in [6.45, 7) is 4.87. The first kappa shape index (κ1) is 21.8. The summed E-state index contributed by atoms with van der Waals surface area (Å²) < 4.78 is 27.2. The topological polar surface area (TPSA) is 90.3 Å². The van der Waals surface area contributed by atoms with Crippen molar-refractivity contribution in [3.63, 3.8) is 0 Å². The van der Waals surface area contributed by atoms with Crippen LogP contribution in [0.15, 0.2) is 52.9 Å². The zero-order valence-corrected chi connectivity index (χ0v) is 18.0. The molecule has 1 saturated heterocycles. The molecule has 0 bridgehead atoms. The molecule has 156 valence electrons. The number of carbonyl (C=O) groups excluding carboxylic acids is 1. The van der Waals surface area contributed by atoms with Gasteiger partial charge in [0.05, 0.1) is 4.90 Å². The van der Waals surface area contributed by atoms with Crippen LogP contribution in [0.5, 0.6) is 0 Å². The molecule has 0 radical (unpaired) electrons. The Labute approximate surface area is 177 Å². The second kappa shape index (κ2) is 9.24. The van der Waals surface area contributed by atoms with Crippen molar-refractivity contribution in [3.8, 4) is 6.07 Å². The first-order valence-corrected chi connectivity index (χ1v) is 11.4. The van der Waals surface area contributed by atoms with Crippen LogP contribution in [0.2, 0.25) is 0 Å². The molecule has 1 fully saturated rings. The molecule has 1 heterocycles. The molecule has 7 heteroatoms. The summed E-state index contributed by atoms with van der Waals surface area (Å²) in [6.07, 6.45) is 4.28. The minimum atomic E-state index is -3.60. The minimum Gasteiger partial charge on any atom is -0.321 e. The van der Waals surface area contributed by atoms with Crippen LogP contribution in [-0.4, -0.2) is 31.7 Å². The van der Waals surface area contributed by atoms with Crippen molar-refractivity contribution in [2.45, 2.75) is 38.0 Å². The highest BCUT2D eigenvalue weighted by Crippen LogP contribution is 2.23. The summed E-state index contributed by atoms with van der Waals surface area (Å²) in [6, 6.07) is 13.9. The van der Waals surface area contributed by atoms with Crippen molar-refractivity contribution in [2.75, 3.05) is 18.4 Å². The van der Waals surface area contributed by atoms with Crippen LogP contribution >= 0.6 is 0 Å². The lowest BCUT2D eigenvalue weighted by atomic mass is 10.0. The predicted octanol–water partition coefficient (Wildman–Crippen LogP) is 4.02. The van der Waals surface area contributed by atoms with E-state index in [1.54, 1.807) is 18.2 Å². The molecule has 1 aliphatic heterocycles. The van der Waals surface area contributed by atoms with Crippen LogP contribution < -0.4 is 5.32 Å². The van der Waals surface area contributed by atoms with Gasteiger partial charge in [0.2, 0.25) is 10.0 Å². The molecule has 1 aliphatic rings. The van der Waals surface area contributed by atoms with Gasteiger partial charge in [-0.2, -0.15) is 9.57 Å². The third-order valence-corrected chi connectivity index (χ3v) is 7.04. The van der Waals surface area contributed by atoms with Gasteiger partial charge in [-0.3, -0.25) is 4.79 Å². The fourth-order valence-electron chi connectivity index (χ4n) is 3.41. The number of nitrogens with one attached hydrogen (secondary N) is 1. The molecule has 0 atom stereocenters. The molecule has 0 spiro atoms. The largest absolute Gasteiger partial charge is 0.321 e. The molecular weight excluding hydrogens is 398 g/mol. The van der Waals surface area contributed by atoms with Crippen LogP contribution in [0.1, 0.15) is 36.0 Å². The molecular formula is C23H25N3O3S. The number of hydrogen-bond donors (Lipinski definition) is 1. The lowest BCUT2D eigenvalue weighted by Crippen LogP contribution is -2.35. The van der Waals surface area contributed by atoms with Crippen LogP contribution in [-0.2, 0) is 14.8 Å². The zero-order valence-electron chi connectivity index (χ0n) is 17.2. The Kier molecular flexibility index (Phi) is 6.70. The smallest absolute Gasteiger partial charge is 0.266 e. The number of benzene rings is 2. The van der Waals surface area contributed by atoms with Crippen LogP contribution in [0.4, 0.5) is 5.69 Å². The standard InChI is InChI=1S/C23H25N3O3S/c1-17-9-10-18(2)19(13-17)14-20(16-24)23(27)25-21-7-6-8-22(15-21)30(28,29)26-11-4-3-5-12-26/h6-10,13-15H,3-5,11-12H2,1-2H3,(H,25,27)/b20-14+. The Hall–Kier alpha value is -2.95. The number of nitrogens with zero attached hydrogens (tertiary/aromatic N) is 2. The molecule has 0 unspecified atom stereocenters. The molecule has 6 nitrogen and oxygen atoms in total. The minimum absolute atomic E-state index is 0.0482. The Balaban J connectivity index is 1.83. The third-order valence-electron chi connectivity index (χ3n) is 5.14. The van der Waals surface area contributed by atoms with E-state index in [0.29, 0.717) is 18.8 Å². The molecule has 0 saturated carbocycles. The van der Waals surface area contributed by atoms with Gasteiger partial charge in [-0.1, -0.05) is 36.2 Å². The summed E-state index contributed by atoms with van der Waals surface area (Å²) in [5, 5.41) is 12.1. The Morgan fingerprint density at radius 2 is 1.83 bits per heavy atom. The molecule has 1 amide bonds. The van der Waals surface area contributed by atoms with E-state index in [1.807, 2.05) is 38.1 Å². The van der Waals surface area contributed by atoms with E-state index in [1.165, 1.54) is 16.4 Å². The lowest BCUT2D eigenvalue weighted by Gasteiger charge is -2.26. The van der Waals surface area contributed by atoms with Gasteiger partial charge in [-0.05, 0) is 62.1 Å². The summed E-state index contributed by atoms with van der Waals surface area (Å²) in [5.74, 6) is -0.578. The summed E-state index contributed by atoms with van der Waals surface area (Å²) >= 11 is 0. The molecule has 0 aromatic heterocycles. The second-order valence-electron chi connectivity index (χ2n) is 7.48.